The fraction of sp³-hybridized carbons (Fsp3) is 0.800. The summed E-state index contributed by atoms with van der Waals surface area (Å²) in [7, 11) is -2.26. The van der Waals surface area contributed by atoms with E-state index in [9.17, 15) is 4.57 Å². The van der Waals surface area contributed by atoms with Gasteiger partial charge in [0.1, 0.15) is 0 Å². The molecule has 0 radical (unpaired) electrons. The maximum absolute atomic E-state index is 11.9. The van der Waals surface area contributed by atoms with Gasteiger partial charge >= 0.3 is 0 Å². The van der Waals surface area contributed by atoms with E-state index in [1.54, 1.807) is 0 Å². The van der Waals surface area contributed by atoms with E-state index in [0.29, 0.717) is 18.9 Å². The summed E-state index contributed by atoms with van der Waals surface area (Å²) in [5.41, 5.74) is 1.22. The van der Waals surface area contributed by atoms with Crippen LogP contribution >= 0.6 is 7.37 Å². The average molecular weight is 202 g/mol. The van der Waals surface area contributed by atoms with E-state index in [-0.39, 0.29) is 0 Å². The van der Waals surface area contributed by atoms with Crippen molar-refractivity contribution in [2.75, 3.05) is 18.9 Å². The molecule has 0 N–H and O–H groups in total. The normalized spacial score (nSPS) is 27.7. The van der Waals surface area contributed by atoms with Gasteiger partial charge in [-0.25, -0.2) is 0 Å². The van der Waals surface area contributed by atoms with Crippen molar-refractivity contribution in [1.82, 2.24) is 0 Å². The molecule has 1 aliphatic rings. The molecule has 3 heteroatoms. The summed E-state index contributed by atoms with van der Waals surface area (Å²) in [6.45, 7) is 4.85. The van der Waals surface area contributed by atoms with Gasteiger partial charge in [-0.15, -0.1) is 0 Å². The van der Waals surface area contributed by atoms with Crippen LogP contribution < -0.4 is 0 Å². The van der Waals surface area contributed by atoms with Crippen molar-refractivity contribution < 1.29 is 9.09 Å². The summed E-state index contributed by atoms with van der Waals surface area (Å²) < 4.78 is 17.4. The van der Waals surface area contributed by atoms with Crippen molar-refractivity contribution in [1.29, 1.82) is 0 Å². The molecule has 0 saturated carbocycles. The Morgan fingerprint density at radius 2 is 2.31 bits per heavy atom. The Hall–Kier alpha value is -0.0700. The van der Waals surface area contributed by atoms with E-state index in [1.165, 1.54) is 18.4 Å². The van der Waals surface area contributed by atoms with Gasteiger partial charge in [-0.1, -0.05) is 31.4 Å². The smallest absolute Gasteiger partial charge is 0.210 e. The molecule has 1 atom stereocenters. The molecule has 1 aliphatic heterocycles. The first-order chi connectivity index (χ1) is 6.16. The lowest BCUT2D eigenvalue weighted by atomic mass is 10.3. The van der Waals surface area contributed by atoms with Crippen LogP contribution in [0, 0.1) is 0 Å². The lowest BCUT2D eigenvalue weighted by molar-refractivity contribution is 0.307. The molecule has 0 aliphatic carbocycles. The van der Waals surface area contributed by atoms with Crippen LogP contribution in [0.4, 0.5) is 0 Å². The van der Waals surface area contributed by atoms with Gasteiger partial charge in [0.25, 0.3) is 0 Å². The fourth-order valence-corrected chi connectivity index (χ4v) is 3.75. The van der Waals surface area contributed by atoms with Crippen molar-refractivity contribution in [3.05, 3.63) is 11.6 Å². The Morgan fingerprint density at radius 1 is 1.54 bits per heavy atom. The molecule has 0 amide bonds. The molecule has 0 bridgehead atoms. The van der Waals surface area contributed by atoms with Gasteiger partial charge < -0.3 is 4.52 Å². The second kappa shape index (κ2) is 4.97. The summed E-state index contributed by atoms with van der Waals surface area (Å²) in [6, 6.07) is 0. The average Bonchev–Trinajstić information content (AvgIpc) is 2.41. The minimum Gasteiger partial charge on any atom is -0.328 e. The van der Waals surface area contributed by atoms with Crippen molar-refractivity contribution in [2.45, 2.75) is 33.1 Å². The highest BCUT2D eigenvalue weighted by Gasteiger charge is 2.26. The second-order valence-electron chi connectivity index (χ2n) is 3.75. The van der Waals surface area contributed by atoms with E-state index in [2.05, 4.69) is 6.92 Å². The van der Waals surface area contributed by atoms with Gasteiger partial charge in [0.05, 0.1) is 6.61 Å². The standard InChI is InChI=1S/C10H19O2P/c1-3-4-5-7-12-13(11)8-6-10(2)9-13/h6H,3-5,7-9H2,1-2H3/t13-/m0/s1. The number of allylic oxidation sites excluding steroid dienone is 2. The van der Waals surface area contributed by atoms with Crippen LogP contribution in [0.25, 0.3) is 0 Å². The maximum Gasteiger partial charge on any atom is 0.210 e. The van der Waals surface area contributed by atoms with Gasteiger partial charge in [0.2, 0.25) is 7.37 Å². The molecule has 76 valence electrons. The lowest BCUT2D eigenvalue weighted by Gasteiger charge is -2.12. The highest BCUT2D eigenvalue weighted by atomic mass is 31.2. The summed E-state index contributed by atoms with van der Waals surface area (Å²) in [6.07, 6.45) is 6.78. The zero-order chi connectivity index (χ0) is 9.73. The number of rotatable bonds is 5. The summed E-state index contributed by atoms with van der Waals surface area (Å²) in [4.78, 5) is 0. The number of hydrogen-bond acceptors (Lipinski definition) is 2. The molecule has 0 spiro atoms. The van der Waals surface area contributed by atoms with Crippen LogP contribution in [-0.2, 0) is 9.09 Å². The zero-order valence-corrected chi connectivity index (χ0v) is 9.48. The predicted molar refractivity (Wildman–Crippen MR) is 56.6 cm³/mol. The summed E-state index contributed by atoms with van der Waals surface area (Å²) >= 11 is 0. The summed E-state index contributed by atoms with van der Waals surface area (Å²) in [5.74, 6) is 0. The first-order valence-electron chi connectivity index (χ1n) is 5.04. The third kappa shape index (κ3) is 3.66. The number of hydrogen-bond donors (Lipinski definition) is 0. The Labute approximate surface area is 80.8 Å². The van der Waals surface area contributed by atoms with Gasteiger partial charge in [-0.2, -0.15) is 0 Å². The third-order valence-corrected chi connectivity index (χ3v) is 4.66. The monoisotopic (exact) mass is 202 g/mol. The van der Waals surface area contributed by atoms with Crippen LogP contribution in [-0.4, -0.2) is 18.9 Å². The van der Waals surface area contributed by atoms with E-state index in [4.69, 9.17) is 4.52 Å². The predicted octanol–water partition coefficient (Wildman–Crippen LogP) is 3.43. The molecule has 0 aromatic carbocycles. The maximum atomic E-state index is 11.9. The van der Waals surface area contributed by atoms with E-state index in [0.717, 1.165) is 6.42 Å². The number of unbranched alkanes of at least 4 members (excludes halogenated alkanes) is 2. The van der Waals surface area contributed by atoms with Crippen molar-refractivity contribution in [3.63, 3.8) is 0 Å². The van der Waals surface area contributed by atoms with E-state index >= 15 is 0 Å². The zero-order valence-electron chi connectivity index (χ0n) is 8.58. The topological polar surface area (TPSA) is 26.3 Å². The van der Waals surface area contributed by atoms with E-state index < -0.39 is 7.37 Å². The highest BCUT2D eigenvalue weighted by Crippen LogP contribution is 2.52. The lowest BCUT2D eigenvalue weighted by Crippen LogP contribution is -1.96. The molecule has 0 saturated heterocycles. The first-order valence-corrected chi connectivity index (χ1v) is 7.04. The minimum absolute atomic E-state index is 0.658. The van der Waals surface area contributed by atoms with Crippen molar-refractivity contribution >= 4 is 7.37 Å². The van der Waals surface area contributed by atoms with Gasteiger partial charge in [-0.3, -0.25) is 4.57 Å². The molecule has 0 unspecified atom stereocenters. The van der Waals surface area contributed by atoms with Gasteiger partial charge in [0.15, 0.2) is 0 Å². The molecule has 0 aromatic rings. The van der Waals surface area contributed by atoms with E-state index in [1.807, 2.05) is 13.0 Å². The van der Waals surface area contributed by atoms with Crippen LogP contribution in [0.15, 0.2) is 11.6 Å². The second-order valence-corrected chi connectivity index (χ2v) is 6.31. The van der Waals surface area contributed by atoms with Gasteiger partial charge in [-0.05, 0) is 13.3 Å². The molecular weight excluding hydrogens is 183 g/mol. The Bertz CT molecular complexity index is 233. The molecule has 1 rings (SSSR count). The molecule has 1 heterocycles. The molecular formula is C10H19O2P. The molecule has 0 aromatic heterocycles. The summed E-state index contributed by atoms with van der Waals surface area (Å²) in [5, 5.41) is 0. The Kier molecular flexibility index (Phi) is 4.21. The Balaban J connectivity index is 2.19. The van der Waals surface area contributed by atoms with Crippen molar-refractivity contribution in [2.24, 2.45) is 0 Å². The van der Waals surface area contributed by atoms with Crippen LogP contribution in [0.1, 0.15) is 33.1 Å². The quantitative estimate of drug-likeness (QED) is 0.388. The fourth-order valence-electron chi connectivity index (χ4n) is 1.49. The SMILES string of the molecule is CCCCCO[P@@]1(=O)CC=C(C)C1. The van der Waals surface area contributed by atoms with Crippen LogP contribution in [0.3, 0.4) is 0 Å². The largest absolute Gasteiger partial charge is 0.328 e. The van der Waals surface area contributed by atoms with Crippen molar-refractivity contribution in [3.8, 4) is 0 Å². The minimum atomic E-state index is -2.26. The molecule has 2 nitrogen and oxygen atoms in total. The molecule has 0 fully saturated rings. The molecule has 13 heavy (non-hydrogen) atoms. The highest BCUT2D eigenvalue weighted by molar-refractivity contribution is 7.59. The van der Waals surface area contributed by atoms with Crippen LogP contribution in [0.2, 0.25) is 0 Å². The first kappa shape index (κ1) is 11.0. The third-order valence-electron chi connectivity index (χ3n) is 2.28. The van der Waals surface area contributed by atoms with Crippen LogP contribution in [0.5, 0.6) is 0 Å². The van der Waals surface area contributed by atoms with Gasteiger partial charge in [0, 0.05) is 12.3 Å². The Morgan fingerprint density at radius 3 is 2.85 bits per heavy atom.